The molecule has 0 saturated heterocycles. The molecule has 63 heavy (non-hydrogen) atoms. The lowest BCUT2D eigenvalue weighted by Crippen LogP contribution is -2.45. The molecule has 1 aromatic heterocycles. The Morgan fingerprint density at radius 3 is 1.33 bits per heavy atom. The topological polar surface area (TPSA) is 284 Å². The van der Waals surface area contributed by atoms with Crippen LogP contribution in [0.25, 0.3) is 0 Å². The summed E-state index contributed by atoms with van der Waals surface area (Å²) in [5.41, 5.74) is 2.52. The molecular formula is C39H73N9O15. The van der Waals surface area contributed by atoms with Gasteiger partial charge in [-0.3, -0.25) is 19.2 Å². The third-order valence-corrected chi connectivity index (χ3v) is 7.76. The summed E-state index contributed by atoms with van der Waals surface area (Å²) >= 11 is 0. The summed E-state index contributed by atoms with van der Waals surface area (Å²) in [6, 6.07) is 0. The molecule has 0 radical (unpaired) electrons. The van der Waals surface area contributed by atoms with Crippen molar-refractivity contribution in [2.45, 2.75) is 40.3 Å². The molecule has 364 valence electrons. The zero-order chi connectivity index (χ0) is 46.1. The van der Waals surface area contributed by atoms with Crippen molar-refractivity contribution in [1.29, 1.82) is 0 Å². The van der Waals surface area contributed by atoms with Crippen molar-refractivity contribution in [2.24, 2.45) is 5.41 Å². The summed E-state index contributed by atoms with van der Waals surface area (Å²) in [7, 11) is 0. The van der Waals surface area contributed by atoms with Crippen molar-refractivity contribution in [2.75, 3.05) is 158 Å². The number of aromatic nitrogens is 3. The second-order valence-corrected chi connectivity index (χ2v) is 14.4. The van der Waals surface area contributed by atoms with Crippen LogP contribution in [0.4, 0.5) is 0 Å². The van der Waals surface area contributed by atoms with Crippen LogP contribution in [-0.4, -0.2) is 202 Å². The minimum atomic E-state index is -0.613. The molecule has 0 atom stereocenters. The Labute approximate surface area is 370 Å². The van der Waals surface area contributed by atoms with Gasteiger partial charge in [-0.25, -0.2) is 4.68 Å². The highest BCUT2D eigenvalue weighted by Gasteiger charge is 2.10. The van der Waals surface area contributed by atoms with E-state index in [4.69, 9.17) is 52.6 Å². The van der Waals surface area contributed by atoms with Gasteiger partial charge in [-0.05, 0) is 18.4 Å². The van der Waals surface area contributed by atoms with Gasteiger partial charge in [0.05, 0.1) is 151 Å². The van der Waals surface area contributed by atoms with Gasteiger partial charge in [0.25, 0.3) is 0 Å². The van der Waals surface area contributed by atoms with Gasteiger partial charge in [-0.1, -0.05) is 26.0 Å². The first-order valence-corrected chi connectivity index (χ1v) is 21.1. The van der Waals surface area contributed by atoms with Crippen LogP contribution in [-0.2, 0) is 79.7 Å². The Morgan fingerprint density at radius 1 is 0.556 bits per heavy atom. The van der Waals surface area contributed by atoms with E-state index >= 15 is 0 Å². The third-order valence-electron chi connectivity index (χ3n) is 7.76. The molecule has 4 amide bonds. The Balaban J connectivity index is 1.83. The first kappa shape index (κ1) is 56.9. The largest absolute Gasteiger partial charge is 0.473 e. The molecule has 1 rings (SSSR count). The van der Waals surface area contributed by atoms with E-state index in [9.17, 15) is 19.2 Å². The Kier molecular flexibility index (Phi) is 35.7. The van der Waals surface area contributed by atoms with Gasteiger partial charge in [0.1, 0.15) is 12.3 Å². The maximum absolute atomic E-state index is 12.0. The number of hydrogen-bond donors (Lipinski definition) is 7. The van der Waals surface area contributed by atoms with Crippen LogP contribution in [0.5, 0.6) is 0 Å². The zero-order valence-corrected chi connectivity index (χ0v) is 37.4. The van der Waals surface area contributed by atoms with E-state index in [1.165, 1.54) is 0 Å². The summed E-state index contributed by atoms with van der Waals surface area (Å²) in [5.74, 6) is -1.98. The first-order valence-electron chi connectivity index (χ1n) is 21.1. The number of nitrogens with one attached hydrogen (secondary N) is 6. The summed E-state index contributed by atoms with van der Waals surface area (Å²) in [6.45, 7) is 19.1. The molecule has 24 heteroatoms. The smallest absolute Gasteiger partial charge is 0.239 e. The summed E-state index contributed by atoms with van der Waals surface area (Å²) in [4.78, 5) is 46.5. The maximum atomic E-state index is 12.0. The number of hydroxylamine groups is 1. The molecule has 0 unspecified atom stereocenters. The van der Waals surface area contributed by atoms with Crippen molar-refractivity contribution in [3.05, 3.63) is 24.4 Å². The number of ether oxygens (including phenoxy) is 10. The van der Waals surface area contributed by atoms with Gasteiger partial charge in [-0.15, -0.1) is 5.10 Å². The van der Waals surface area contributed by atoms with E-state index in [1.807, 2.05) is 0 Å². The van der Waals surface area contributed by atoms with Crippen LogP contribution in [0.3, 0.4) is 0 Å². The van der Waals surface area contributed by atoms with Crippen molar-refractivity contribution >= 4 is 23.6 Å². The lowest BCUT2D eigenvalue weighted by atomic mass is 9.93. The van der Waals surface area contributed by atoms with Gasteiger partial charge in [0, 0.05) is 19.7 Å². The normalized spacial score (nSPS) is 11.3. The molecule has 0 bridgehead atoms. The van der Waals surface area contributed by atoms with E-state index in [0.29, 0.717) is 131 Å². The quantitative estimate of drug-likeness (QED) is 0.0210. The highest BCUT2D eigenvalue weighted by molar-refractivity contribution is 5.90. The van der Waals surface area contributed by atoms with E-state index < -0.39 is 23.6 Å². The minimum absolute atomic E-state index is 0.130. The fraction of sp³-hybridized carbons (Fsp3) is 0.795. The van der Waals surface area contributed by atoms with Gasteiger partial charge in [0.15, 0.2) is 5.88 Å². The van der Waals surface area contributed by atoms with Gasteiger partial charge in [0.2, 0.25) is 23.6 Å². The van der Waals surface area contributed by atoms with Crippen LogP contribution in [0.15, 0.2) is 18.7 Å². The molecule has 1 aromatic rings. The standard InChI is InChI=1S/C39H73N9O15/c1-33(40-6-7-41-35(49)27-42-36(50)28-43-37(51)29-44-38(52)30-45-53)63-32-34-31-48(47-46-34)8-10-55-12-14-57-16-18-59-20-22-61-24-26-62-25-23-60-21-19-58-17-15-56-13-11-54-9-5-39(2,3)4/h31,40,45,53H,1,5-30,32H2,2-4H3,(H,41,49)(H,42,50)(H,43,51)(H,44,52). The van der Waals surface area contributed by atoms with Gasteiger partial charge >= 0.3 is 0 Å². The second kappa shape index (κ2) is 39.5. The highest BCUT2D eigenvalue weighted by Crippen LogP contribution is 2.17. The molecule has 0 saturated carbocycles. The average molecular weight is 908 g/mol. The predicted octanol–water partition coefficient (Wildman–Crippen LogP) is -2.12. The number of carbonyl (C=O) groups excluding carboxylic acids is 4. The monoisotopic (exact) mass is 908 g/mol. The number of amides is 4. The van der Waals surface area contributed by atoms with Crippen LogP contribution in [0.2, 0.25) is 0 Å². The Hall–Kier alpha value is -4.08. The van der Waals surface area contributed by atoms with Gasteiger partial charge < -0.3 is 79.2 Å². The Morgan fingerprint density at radius 2 is 0.921 bits per heavy atom. The minimum Gasteiger partial charge on any atom is -0.473 e. The zero-order valence-electron chi connectivity index (χ0n) is 37.4. The number of hydrogen-bond acceptors (Lipinski definition) is 19. The molecule has 0 aliphatic rings. The Bertz CT molecular complexity index is 1340. The second-order valence-electron chi connectivity index (χ2n) is 14.4. The van der Waals surface area contributed by atoms with Crippen LogP contribution in [0.1, 0.15) is 32.9 Å². The molecular weight excluding hydrogens is 834 g/mol. The maximum Gasteiger partial charge on any atom is 0.239 e. The molecule has 0 fully saturated rings. The average Bonchev–Trinajstić information content (AvgIpc) is 3.71. The number of carbonyl (C=O) groups is 4. The van der Waals surface area contributed by atoms with Crippen LogP contribution < -0.4 is 32.1 Å². The summed E-state index contributed by atoms with van der Waals surface area (Å²) < 4.78 is 56.8. The van der Waals surface area contributed by atoms with Crippen molar-refractivity contribution in [1.82, 2.24) is 47.1 Å². The molecule has 0 aliphatic heterocycles. The highest BCUT2D eigenvalue weighted by atomic mass is 16.6. The van der Waals surface area contributed by atoms with E-state index in [1.54, 1.807) is 16.4 Å². The number of rotatable bonds is 44. The predicted molar refractivity (Wildman–Crippen MR) is 225 cm³/mol. The fourth-order valence-corrected chi connectivity index (χ4v) is 4.39. The molecule has 0 aromatic carbocycles. The van der Waals surface area contributed by atoms with E-state index in [0.717, 1.165) is 13.0 Å². The molecule has 24 nitrogen and oxygen atoms in total. The third kappa shape index (κ3) is 39.3. The van der Waals surface area contributed by atoms with Crippen molar-refractivity contribution in [3.63, 3.8) is 0 Å². The van der Waals surface area contributed by atoms with Crippen LogP contribution in [0, 0.1) is 5.41 Å². The van der Waals surface area contributed by atoms with Crippen molar-refractivity contribution in [3.8, 4) is 0 Å². The molecule has 0 aliphatic carbocycles. The molecule has 0 spiro atoms. The number of nitrogens with zero attached hydrogens (tertiary/aromatic N) is 3. The van der Waals surface area contributed by atoms with Crippen LogP contribution >= 0.6 is 0 Å². The lowest BCUT2D eigenvalue weighted by molar-refractivity contribution is -0.128. The summed E-state index contributed by atoms with van der Waals surface area (Å²) in [6.07, 6.45) is 2.76. The summed E-state index contributed by atoms with van der Waals surface area (Å²) in [5, 5.41) is 28.9. The lowest BCUT2D eigenvalue weighted by Gasteiger charge is -2.17. The van der Waals surface area contributed by atoms with Gasteiger partial charge in [-0.2, -0.15) is 5.48 Å². The van der Waals surface area contributed by atoms with E-state index in [-0.39, 0.29) is 50.6 Å². The molecule has 1 heterocycles. The first-order chi connectivity index (χ1) is 30.5. The molecule has 7 N–H and O–H groups in total. The van der Waals surface area contributed by atoms with Crippen molar-refractivity contribution < 1.29 is 71.8 Å². The SMILES string of the molecule is C=C(NCCNC(=O)CNC(=O)CNC(=O)CNC(=O)CNO)OCc1cn(CCOCCOCCOCCOCCOCCOCCOCCOCCOCCC(C)(C)C)nn1. The van der Waals surface area contributed by atoms with E-state index in [2.05, 4.69) is 64.2 Å². The fourth-order valence-electron chi connectivity index (χ4n) is 4.39.